The molecule has 0 atom stereocenters. The number of aromatic carboxylic acids is 1. The molecule has 5 rings (SSSR count). The van der Waals surface area contributed by atoms with Crippen molar-refractivity contribution < 1.29 is 9.90 Å². The van der Waals surface area contributed by atoms with Gasteiger partial charge in [0.2, 0.25) is 0 Å². The fourth-order valence-corrected chi connectivity index (χ4v) is 4.99. The molecule has 0 saturated carbocycles. The maximum Gasteiger partial charge on any atom is 0.337 e. The first-order valence-electron chi connectivity index (χ1n) is 13.0. The highest BCUT2D eigenvalue weighted by Gasteiger charge is 2.20. The first-order chi connectivity index (χ1) is 20.0. The smallest absolute Gasteiger partial charge is 0.337 e. The quantitative estimate of drug-likeness (QED) is 0.203. The molecule has 5 aromatic carbocycles. The average molecular weight is 535 g/mol. The highest BCUT2D eigenvalue weighted by molar-refractivity contribution is 5.98. The number of hydrogen-bond donors (Lipinski definition) is 2. The molecule has 0 radical (unpaired) electrons. The molecule has 0 aromatic heterocycles. The van der Waals surface area contributed by atoms with E-state index in [9.17, 15) is 20.4 Å². The molecule has 0 aliphatic heterocycles. The van der Waals surface area contributed by atoms with Gasteiger partial charge >= 0.3 is 5.97 Å². The van der Waals surface area contributed by atoms with Crippen LogP contribution in [-0.4, -0.2) is 11.1 Å². The molecule has 0 aliphatic carbocycles. The van der Waals surface area contributed by atoms with Crippen LogP contribution in [-0.2, 0) is 13.1 Å². The van der Waals surface area contributed by atoms with Crippen molar-refractivity contribution in [3.63, 3.8) is 0 Å². The standard InChI is InChI=1S/C35H26N4O2/c36-20-28-6-1-3-8-30(28)26-16-12-24(13-17-26)22-39(34-32(35(40)41)10-5-11-33(34)38)23-25-14-18-27(19-15-25)31-9-4-2-7-29(31)21-37/h1-19H,22-23,38H2,(H,40,41). The second-order valence-corrected chi connectivity index (χ2v) is 9.61. The van der Waals surface area contributed by atoms with Gasteiger partial charge in [0.05, 0.1) is 40.2 Å². The van der Waals surface area contributed by atoms with Crippen molar-refractivity contribution in [2.24, 2.45) is 0 Å². The summed E-state index contributed by atoms with van der Waals surface area (Å²) in [6, 6.07) is 40.1. The first kappa shape index (κ1) is 26.7. The molecule has 3 N–H and O–H groups in total. The maximum absolute atomic E-state index is 12.2. The van der Waals surface area contributed by atoms with E-state index in [1.807, 2.05) is 89.8 Å². The summed E-state index contributed by atoms with van der Waals surface area (Å²) in [5.74, 6) is -1.05. The Morgan fingerprint density at radius 3 is 1.56 bits per heavy atom. The van der Waals surface area contributed by atoms with E-state index in [0.717, 1.165) is 33.4 Å². The lowest BCUT2D eigenvalue weighted by Gasteiger charge is -2.28. The first-order valence-corrected chi connectivity index (χ1v) is 13.0. The van der Waals surface area contributed by atoms with E-state index >= 15 is 0 Å². The molecule has 6 nitrogen and oxygen atoms in total. The van der Waals surface area contributed by atoms with Crippen LogP contribution in [0.15, 0.2) is 115 Å². The van der Waals surface area contributed by atoms with Crippen LogP contribution in [0, 0.1) is 22.7 Å². The Balaban J connectivity index is 1.48. The predicted octanol–water partition coefficient (Wildman–Crippen LogP) is 7.25. The zero-order chi connectivity index (χ0) is 28.8. The molecule has 0 spiro atoms. The normalized spacial score (nSPS) is 10.4. The van der Waals surface area contributed by atoms with Crippen molar-refractivity contribution >= 4 is 17.3 Å². The minimum atomic E-state index is -1.05. The van der Waals surface area contributed by atoms with E-state index < -0.39 is 5.97 Å². The van der Waals surface area contributed by atoms with Crippen LogP contribution in [0.25, 0.3) is 22.3 Å². The molecule has 0 heterocycles. The van der Waals surface area contributed by atoms with Gasteiger partial charge in [0.25, 0.3) is 0 Å². The molecule has 0 bridgehead atoms. The van der Waals surface area contributed by atoms with Gasteiger partial charge in [-0.3, -0.25) is 0 Å². The number of nitrogens with two attached hydrogens (primary N) is 1. The Morgan fingerprint density at radius 1 is 0.659 bits per heavy atom. The van der Waals surface area contributed by atoms with Crippen LogP contribution in [0.2, 0.25) is 0 Å². The van der Waals surface area contributed by atoms with E-state index in [4.69, 9.17) is 5.73 Å². The minimum absolute atomic E-state index is 0.129. The van der Waals surface area contributed by atoms with Crippen LogP contribution in [0.5, 0.6) is 0 Å². The van der Waals surface area contributed by atoms with E-state index in [1.165, 1.54) is 0 Å². The summed E-state index contributed by atoms with van der Waals surface area (Å²) >= 11 is 0. The lowest BCUT2D eigenvalue weighted by atomic mass is 9.98. The third-order valence-corrected chi connectivity index (χ3v) is 6.99. The molecule has 0 saturated heterocycles. The summed E-state index contributed by atoms with van der Waals surface area (Å²) < 4.78 is 0. The molecular formula is C35H26N4O2. The van der Waals surface area contributed by atoms with Crippen molar-refractivity contribution in [3.05, 3.63) is 143 Å². The Morgan fingerprint density at radius 2 is 1.12 bits per heavy atom. The fraction of sp³-hybridized carbons (Fsp3) is 0.0571. The number of hydrogen-bond acceptors (Lipinski definition) is 5. The Labute approximate surface area is 238 Å². The topological polar surface area (TPSA) is 114 Å². The van der Waals surface area contributed by atoms with Crippen LogP contribution < -0.4 is 10.6 Å². The maximum atomic E-state index is 12.2. The van der Waals surface area contributed by atoms with Gasteiger partial charge < -0.3 is 15.7 Å². The Hall–Kier alpha value is -5.85. The Bertz CT molecular complexity index is 1690. The van der Waals surface area contributed by atoms with Gasteiger partial charge in [0.15, 0.2) is 0 Å². The molecular weight excluding hydrogens is 508 g/mol. The third-order valence-electron chi connectivity index (χ3n) is 6.99. The zero-order valence-electron chi connectivity index (χ0n) is 22.2. The number of rotatable bonds is 8. The van der Waals surface area contributed by atoms with Gasteiger partial charge in [-0.15, -0.1) is 0 Å². The molecule has 0 fully saturated rings. The number of nitriles is 2. The molecule has 0 aliphatic rings. The van der Waals surface area contributed by atoms with E-state index in [0.29, 0.717) is 35.6 Å². The fourth-order valence-electron chi connectivity index (χ4n) is 4.99. The number of para-hydroxylation sites is 1. The third kappa shape index (κ3) is 5.78. The molecule has 41 heavy (non-hydrogen) atoms. The average Bonchev–Trinajstić information content (AvgIpc) is 3.01. The second kappa shape index (κ2) is 11.9. The number of nitrogen functional groups attached to an aromatic ring is 1. The number of carboxylic acids is 1. The molecule has 198 valence electrons. The monoisotopic (exact) mass is 534 g/mol. The number of carbonyl (C=O) groups is 1. The molecule has 0 amide bonds. The van der Waals surface area contributed by atoms with E-state index in [1.54, 1.807) is 30.3 Å². The highest BCUT2D eigenvalue weighted by atomic mass is 16.4. The van der Waals surface area contributed by atoms with Gasteiger partial charge in [-0.25, -0.2) is 4.79 Å². The van der Waals surface area contributed by atoms with Gasteiger partial charge in [0.1, 0.15) is 0 Å². The summed E-state index contributed by atoms with van der Waals surface area (Å²) in [6.07, 6.45) is 0. The van der Waals surface area contributed by atoms with E-state index in [-0.39, 0.29) is 5.56 Å². The minimum Gasteiger partial charge on any atom is -0.478 e. The lowest BCUT2D eigenvalue weighted by Crippen LogP contribution is -2.25. The van der Waals surface area contributed by atoms with Gasteiger partial charge in [-0.1, -0.05) is 91.0 Å². The van der Waals surface area contributed by atoms with Crippen molar-refractivity contribution in [2.45, 2.75) is 13.1 Å². The van der Waals surface area contributed by atoms with Crippen LogP contribution in [0.1, 0.15) is 32.6 Å². The van der Waals surface area contributed by atoms with Crippen LogP contribution in [0.4, 0.5) is 11.4 Å². The van der Waals surface area contributed by atoms with Crippen molar-refractivity contribution in [2.75, 3.05) is 10.6 Å². The lowest BCUT2D eigenvalue weighted by molar-refractivity contribution is 0.0697. The second-order valence-electron chi connectivity index (χ2n) is 9.61. The van der Waals surface area contributed by atoms with Crippen LogP contribution >= 0.6 is 0 Å². The number of nitrogens with zero attached hydrogens (tertiary/aromatic N) is 3. The van der Waals surface area contributed by atoms with Gasteiger partial charge in [-0.05, 0) is 57.6 Å². The number of carboxylic acid groups (broad SMARTS) is 1. The summed E-state index contributed by atoms with van der Waals surface area (Å²) in [5.41, 5.74) is 14.0. The Kier molecular flexibility index (Phi) is 7.76. The van der Waals surface area contributed by atoms with Gasteiger partial charge in [-0.2, -0.15) is 10.5 Å². The van der Waals surface area contributed by atoms with E-state index in [2.05, 4.69) is 12.1 Å². The highest BCUT2D eigenvalue weighted by Crippen LogP contribution is 2.32. The zero-order valence-corrected chi connectivity index (χ0v) is 22.2. The van der Waals surface area contributed by atoms with Crippen molar-refractivity contribution in [1.29, 1.82) is 10.5 Å². The summed E-state index contributed by atoms with van der Waals surface area (Å²) in [4.78, 5) is 14.1. The summed E-state index contributed by atoms with van der Waals surface area (Å²) in [5, 5.41) is 28.9. The predicted molar refractivity (Wildman–Crippen MR) is 161 cm³/mol. The van der Waals surface area contributed by atoms with Crippen LogP contribution in [0.3, 0.4) is 0 Å². The molecule has 5 aromatic rings. The summed E-state index contributed by atoms with van der Waals surface area (Å²) in [6.45, 7) is 0.821. The molecule has 0 unspecified atom stereocenters. The SMILES string of the molecule is N#Cc1ccccc1-c1ccc(CN(Cc2ccc(-c3ccccc3C#N)cc2)c2c(N)cccc2C(=O)O)cc1. The van der Waals surface area contributed by atoms with Crippen molar-refractivity contribution in [1.82, 2.24) is 0 Å². The number of anilines is 2. The van der Waals surface area contributed by atoms with Gasteiger partial charge in [0, 0.05) is 13.1 Å². The summed E-state index contributed by atoms with van der Waals surface area (Å²) in [7, 11) is 0. The molecule has 6 heteroatoms. The number of benzene rings is 5. The largest absolute Gasteiger partial charge is 0.478 e. The van der Waals surface area contributed by atoms with Crippen molar-refractivity contribution in [3.8, 4) is 34.4 Å².